The highest BCUT2D eigenvalue weighted by Crippen LogP contribution is 2.25. The number of nitrogens with one attached hydrogen (secondary N) is 1. The van der Waals surface area contributed by atoms with Crippen molar-refractivity contribution in [3.05, 3.63) is 0 Å². The van der Waals surface area contributed by atoms with Crippen LogP contribution in [-0.4, -0.2) is 35.4 Å². The lowest BCUT2D eigenvalue weighted by molar-refractivity contribution is -0.172. The summed E-state index contributed by atoms with van der Waals surface area (Å²) in [6.07, 6.45) is -4.18. The van der Waals surface area contributed by atoms with Gasteiger partial charge < -0.3 is 10.4 Å². The number of amides is 1. The van der Waals surface area contributed by atoms with E-state index < -0.39 is 35.7 Å². The molecule has 0 saturated carbocycles. The minimum absolute atomic E-state index is 1.08. The summed E-state index contributed by atoms with van der Waals surface area (Å²) < 4.78 is 48.9. The van der Waals surface area contributed by atoms with E-state index in [1.807, 2.05) is 0 Å². The zero-order chi connectivity index (χ0) is 14.0. The average Bonchev–Trinajstić information content (AvgIpc) is 2.10. The van der Waals surface area contributed by atoms with Crippen LogP contribution in [0, 0.1) is 5.41 Å². The van der Waals surface area contributed by atoms with Gasteiger partial charge in [0.05, 0.1) is 0 Å². The van der Waals surface area contributed by atoms with Gasteiger partial charge in [-0.15, -0.1) is 0 Å². The number of hydrogen-bond acceptors (Lipinski definition) is 2. The predicted octanol–water partition coefficient (Wildman–Crippen LogP) is 1.50. The first-order valence-corrected chi connectivity index (χ1v) is 4.60. The third kappa shape index (κ3) is 3.86. The smallest absolute Gasteiger partial charge is 0.383 e. The van der Waals surface area contributed by atoms with Crippen molar-refractivity contribution >= 4 is 11.9 Å². The first-order chi connectivity index (χ1) is 7.40. The van der Waals surface area contributed by atoms with Gasteiger partial charge in [-0.2, -0.15) is 8.78 Å². The summed E-state index contributed by atoms with van der Waals surface area (Å²) in [6, 6.07) is -1.68. The molecule has 0 rings (SSSR count). The second kappa shape index (κ2) is 4.89. The van der Waals surface area contributed by atoms with Crippen molar-refractivity contribution in [2.75, 3.05) is 0 Å². The van der Waals surface area contributed by atoms with Gasteiger partial charge >= 0.3 is 18.3 Å². The van der Waals surface area contributed by atoms with Crippen molar-refractivity contribution in [3.8, 4) is 0 Å². The van der Waals surface area contributed by atoms with Gasteiger partial charge in [-0.05, 0) is 5.41 Å². The van der Waals surface area contributed by atoms with Gasteiger partial charge in [0, 0.05) is 0 Å². The highest BCUT2D eigenvalue weighted by Gasteiger charge is 2.50. The number of halogens is 4. The van der Waals surface area contributed by atoms with Gasteiger partial charge in [0.15, 0.2) is 0 Å². The highest BCUT2D eigenvalue weighted by atomic mass is 19.3. The van der Waals surface area contributed by atoms with Crippen molar-refractivity contribution in [1.82, 2.24) is 5.32 Å². The van der Waals surface area contributed by atoms with E-state index in [2.05, 4.69) is 0 Å². The monoisotopic (exact) mass is 259 g/mol. The first kappa shape index (κ1) is 15.7. The van der Waals surface area contributed by atoms with Gasteiger partial charge in [0.25, 0.3) is 5.91 Å². The molecule has 0 aromatic heterocycles. The topological polar surface area (TPSA) is 66.4 Å². The summed E-state index contributed by atoms with van der Waals surface area (Å²) in [6.45, 7) is 4.10. The van der Waals surface area contributed by atoms with Gasteiger partial charge in [-0.25, -0.2) is 13.6 Å². The molecule has 1 amide bonds. The van der Waals surface area contributed by atoms with Crippen LogP contribution < -0.4 is 5.32 Å². The van der Waals surface area contributed by atoms with Crippen LogP contribution in [0.4, 0.5) is 17.6 Å². The second-order valence-corrected chi connectivity index (χ2v) is 4.53. The zero-order valence-corrected chi connectivity index (χ0v) is 9.43. The maximum absolute atomic E-state index is 12.6. The van der Waals surface area contributed by atoms with E-state index in [1.54, 1.807) is 0 Å². The van der Waals surface area contributed by atoms with Crippen molar-refractivity contribution < 1.29 is 32.3 Å². The van der Waals surface area contributed by atoms with Gasteiger partial charge in [-0.1, -0.05) is 20.8 Å². The summed E-state index contributed by atoms with van der Waals surface area (Å²) in [7, 11) is 0. The van der Waals surface area contributed by atoms with E-state index in [4.69, 9.17) is 5.11 Å². The Kier molecular flexibility index (Phi) is 4.50. The van der Waals surface area contributed by atoms with Crippen LogP contribution in [0.3, 0.4) is 0 Å². The lowest BCUT2D eigenvalue weighted by Crippen LogP contribution is -2.55. The largest absolute Gasteiger partial charge is 0.480 e. The average molecular weight is 259 g/mol. The molecule has 0 aliphatic rings. The number of alkyl halides is 4. The molecule has 100 valence electrons. The lowest BCUT2D eigenvalue weighted by atomic mass is 9.86. The van der Waals surface area contributed by atoms with Crippen LogP contribution in [0.2, 0.25) is 0 Å². The molecular weight excluding hydrogens is 246 g/mol. The number of carbonyl (C=O) groups is 2. The van der Waals surface area contributed by atoms with Crippen LogP contribution in [0.25, 0.3) is 0 Å². The second-order valence-electron chi connectivity index (χ2n) is 4.53. The van der Waals surface area contributed by atoms with Crippen molar-refractivity contribution in [2.45, 2.75) is 39.2 Å². The first-order valence-electron chi connectivity index (χ1n) is 4.60. The normalized spacial score (nSPS) is 14.6. The summed E-state index contributed by atoms with van der Waals surface area (Å²) in [4.78, 5) is 21.6. The Labute approximate surface area is 95.0 Å². The van der Waals surface area contributed by atoms with Crippen LogP contribution in [0.5, 0.6) is 0 Å². The molecule has 0 saturated heterocycles. The van der Waals surface area contributed by atoms with Crippen molar-refractivity contribution in [2.24, 2.45) is 5.41 Å². The Hall–Kier alpha value is -1.34. The number of hydrogen-bond donors (Lipinski definition) is 2. The maximum Gasteiger partial charge on any atom is 0.383 e. The van der Waals surface area contributed by atoms with Crippen molar-refractivity contribution in [3.63, 3.8) is 0 Å². The fourth-order valence-electron chi connectivity index (χ4n) is 0.975. The summed E-state index contributed by atoms with van der Waals surface area (Å²) in [5.41, 5.74) is -1.08. The van der Waals surface area contributed by atoms with E-state index in [0.717, 1.165) is 0 Å². The molecule has 0 aromatic carbocycles. The Morgan fingerprint density at radius 1 is 1.18 bits per heavy atom. The van der Waals surface area contributed by atoms with E-state index in [9.17, 15) is 27.2 Å². The van der Waals surface area contributed by atoms with Crippen molar-refractivity contribution in [1.29, 1.82) is 0 Å². The molecular formula is C9H13F4NO3. The van der Waals surface area contributed by atoms with Gasteiger partial charge in [-0.3, -0.25) is 4.79 Å². The molecule has 0 aromatic rings. The standard InChI is InChI=1S/C9H13F4NO3/c1-8(2,3)4(5(15)16)14-7(17)9(12,13)6(10)11/h4,6H,1-3H3,(H,14,17)(H,15,16). The quantitative estimate of drug-likeness (QED) is 0.752. The Morgan fingerprint density at radius 3 is 1.82 bits per heavy atom. The summed E-state index contributed by atoms with van der Waals surface area (Å²) in [5.74, 6) is -8.77. The Balaban J connectivity index is 4.93. The third-order valence-electron chi connectivity index (χ3n) is 1.97. The summed E-state index contributed by atoms with van der Waals surface area (Å²) in [5, 5.41) is 10.1. The van der Waals surface area contributed by atoms with Crippen LogP contribution >= 0.6 is 0 Å². The minimum Gasteiger partial charge on any atom is -0.480 e. The summed E-state index contributed by atoms with van der Waals surface area (Å²) >= 11 is 0. The minimum atomic E-state index is -4.90. The molecule has 4 nitrogen and oxygen atoms in total. The third-order valence-corrected chi connectivity index (χ3v) is 1.97. The van der Waals surface area contributed by atoms with E-state index in [-0.39, 0.29) is 0 Å². The molecule has 2 N–H and O–H groups in total. The van der Waals surface area contributed by atoms with E-state index in [1.165, 1.54) is 26.1 Å². The predicted molar refractivity (Wildman–Crippen MR) is 50.0 cm³/mol. The fourth-order valence-corrected chi connectivity index (χ4v) is 0.975. The molecule has 0 radical (unpaired) electrons. The molecule has 17 heavy (non-hydrogen) atoms. The van der Waals surface area contributed by atoms with Gasteiger partial charge in [0.2, 0.25) is 0 Å². The van der Waals surface area contributed by atoms with Crippen LogP contribution in [0.1, 0.15) is 20.8 Å². The Morgan fingerprint density at radius 2 is 1.59 bits per heavy atom. The zero-order valence-electron chi connectivity index (χ0n) is 9.43. The molecule has 1 atom stereocenters. The SMILES string of the molecule is CC(C)(C)C(NC(=O)C(F)(F)C(F)F)C(=O)O. The lowest BCUT2D eigenvalue weighted by Gasteiger charge is -2.29. The Bertz CT molecular complexity index is 312. The number of aliphatic carboxylic acids is 1. The number of rotatable bonds is 4. The molecule has 0 aliphatic heterocycles. The number of carboxylic acids is 1. The van der Waals surface area contributed by atoms with Gasteiger partial charge in [0.1, 0.15) is 6.04 Å². The molecule has 0 aliphatic carbocycles. The molecule has 1 unspecified atom stereocenters. The molecule has 0 spiro atoms. The maximum atomic E-state index is 12.6. The highest BCUT2D eigenvalue weighted by molar-refractivity contribution is 5.88. The van der Waals surface area contributed by atoms with Crippen LogP contribution in [-0.2, 0) is 9.59 Å². The number of carbonyl (C=O) groups excluding carboxylic acids is 1. The molecule has 0 heterocycles. The van der Waals surface area contributed by atoms with Crippen LogP contribution in [0.15, 0.2) is 0 Å². The fraction of sp³-hybridized carbons (Fsp3) is 0.778. The number of carboxylic acid groups (broad SMARTS) is 1. The molecule has 0 bridgehead atoms. The molecule has 8 heteroatoms. The van der Waals surface area contributed by atoms with E-state index >= 15 is 0 Å². The van der Waals surface area contributed by atoms with E-state index in [0.29, 0.717) is 0 Å². The molecule has 0 fully saturated rings.